The van der Waals surface area contributed by atoms with Crippen molar-refractivity contribution in [3.05, 3.63) is 294 Å². The summed E-state index contributed by atoms with van der Waals surface area (Å²) in [6.07, 6.45) is 8.07. The Morgan fingerprint density at radius 3 is 1.24 bits per heavy atom. The van der Waals surface area contributed by atoms with E-state index in [0.717, 1.165) is 143 Å². The number of allylic oxidation sites excluding steroid dienone is 1. The predicted octanol–water partition coefficient (Wildman–Crippen LogP) is 19.9. The molecule has 1 aliphatic carbocycles. The molecule has 7 aromatic heterocycles. The number of aryl methyl sites for hydroxylation is 1. The molecule has 15 aromatic rings. The molecule has 4 N–H and O–H groups in total. The predicted molar refractivity (Wildman–Crippen MR) is 553 cm³/mol. The Kier molecular flexibility index (Phi) is 31.7. The van der Waals surface area contributed by atoms with Gasteiger partial charge in [-0.1, -0.05) is 68.3 Å². The minimum Gasteiger partial charge on any atom is -0.461 e. The lowest BCUT2D eigenvalue weighted by Crippen LogP contribution is -2.50. The fourth-order valence-electron chi connectivity index (χ4n) is 18.5. The molecule has 4 aliphatic heterocycles. The van der Waals surface area contributed by atoms with Crippen LogP contribution in [0.3, 0.4) is 0 Å². The molecule has 1 unspecified atom stereocenters. The van der Waals surface area contributed by atoms with Crippen LogP contribution >= 0.6 is 0 Å². The monoisotopic (exact) mass is 2000 g/mol. The van der Waals surface area contributed by atoms with E-state index >= 15 is 0 Å². The average molecular weight is 2000 g/mol. The highest BCUT2D eigenvalue weighted by atomic mass is 19.3. The Morgan fingerprint density at radius 2 is 0.823 bits per heavy atom. The van der Waals surface area contributed by atoms with Crippen LogP contribution in [0.25, 0.3) is 78.5 Å². The van der Waals surface area contributed by atoms with E-state index in [1.165, 1.54) is 80.0 Å². The molecule has 5 aliphatic rings. The highest BCUT2D eigenvalue weighted by Crippen LogP contribution is 2.40. The second-order valence-electron chi connectivity index (χ2n) is 37.0. The maximum absolute atomic E-state index is 13.3. The number of nitrogens with one attached hydrogen (secondary N) is 4. The number of anilines is 6. The van der Waals surface area contributed by atoms with Crippen LogP contribution in [0.1, 0.15) is 105 Å². The average Bonchev–Trinajstić information content (AvgIpc) is 1.67. The molecule has 147 heavy (non-hydrogen) atoms. The van der Waals surface area contributed by atoms with Crippen molar-refractivity contribution in [3.8, 4) is 63.4 Å². The fourth-order valence-corrected chi connectivity index (χ4v) is 18.5. The number of amides is 5. The van der Waals surface area contributed by atoms with Crippen LogP contribution in [0, 0.1) is 29.8 Å². The first-order valence-electron chi connectivity index (χ1n) is 48.6. The number of H-pyrrole nitrogens is 3. The van der Waals surface area contributed by atoms with Crippen LogP contribution in [-0.4, -0.2) is 236 Å². The Morgan fingerprint density at radius 1 is 0.442 bits per heavy atom. The molecule has 0 saturated carbocycles. The Balaban J connectivity index is 0.000000134. The zero-order valence-electron chi connectivity index (χ0n) is 82.2. The zero-order valence-corrected chi connectivity index (χ0v) is 82.2. The molecule has 758 valence electrons. The van der Waals surface area contributed by atoms with Crippen molar-refractivity contribution in [1.82, 2.24) is 74.4 Å². The van der Waals surface area contributed by atoms with E-state index in [-0.39, 0.29) is 77.4 Å². The number of aromatic amines is 3. The first kappa shape index (κ1) is 102. The van der Waals surface area contributed by atoms with Crippen LogP contribution in [-0.2, 0) is 27.2 Å². The van der Waals surface area contributed by atoms with Gasteiger partial charge >= 0.3 is 18.2 Å². The number of aromatic nitrogens is 11. The van der Waals surface area contributed by atoms with E-state index in [1.807, 2.05) is 125 Å². The lowest BCUT2D eigenvalue weighted by atomic mass is 9.97. The standard InChI is InChI=1S/C28H28F3N5O2.C28H29F2N5O2.C28H28N6O.C27H26F3N5O2/c1-18(20-4-3-5-22(15-20)38-28(2,30)31)14-25(37)35-10-12-36(13-11-35)27-23-16-24(34-26(23)32-17-33-27)19-6-8-21(29)9-7-19;1-18(21-4-3-5-23(15-21)37-19(2)29)14-26(36)34-10-12-35(13-11-34)28-24-16-25(33-27(24)31-17-32-28)20-6-8-22(30)9-7-20;1-4-20-5-7-21(8-6-20)22-17-25-26(18-22)29-19-30-27(25)33-13-15-34(16-14-33)28(35)31-23-9-11-24(12-10-23)32(2)3;1-27(29,30)37-21-4-2-3-18(15-21)5-10-24(36)34-11-13-35(14-12-34)26-22-16-23(33-25(22)31-17-32-26)19-6-8-20(28)9-7-19/h3-9,15-18H,10-14H2,1-2H3,(H,32,33,34);3-9,15-19H,10-14H2,1-2H3,(H,31,32,33);1,5-12,17,19H,13-16,18H2,2-3H3,(H,31,35);2-4,6-9,15-17H,5,10-14H2,1H3,(H,31,32,33)/t18-;18-,19?;;/m11../s1. The summed E-state index contributed by atoms with van der Waals surface area (Å²) in [7, 11) is 3.99. The summed E-state index contributed by atoms with van der Waals surface area (Å²) < 4.78 is 120. The summed E-state index contributed by atoms with van der Waals surface area (Å²) in [5.41, 5.74) is 16.8. The van der Waals surface area contributed by atoms with Gasteiger partial charge in [-0.3, -0.25) is 14.4 Å². The normalized spacial score (nSPS) is 14.9. The largest absolute Gasteiger partial charge is 0.461 e. The number of fused-ring (bicyclic) bond motifs is 4. The first-order valence-corrected chi connectivity index (χ1v) is 48.6. The van der Waals surface area contributed by atoms with Crippen LogP contribution in [0.15, 0.2) is 238 Å². The maximum Gasteiger partial charge on any atom is 0.394 e. The van der Waals surface area contributed by atoms with Crippen LogP contribution in [0.2, 0.25) is 0 Å². The van der Waals surface area contributed by atoms with Gasteiger partial charge in [-0.25, -0.2) is 62.2 Å². The molecular weight excluding hydrogens is 1890 g/mol. The second kappa shape index (κ2) is 45.6. The molecule has 11 heterocycles. The summed E-state index contributed by atoms with van der Waals surface area (Å²) in [4.78, 5) is 115. The van der Waals surface area contributed by atoms with Gasteiger partial charge in [0.25, 0.3) is 0 Å². The molecule has 5 amide bonds. The summed E-state index contributed by atoms with van der Waals surface area (Å²) in [5.74, 6) is 5.66. The number of ether oxygens (including phenoxy) is 3. The highest BCUT2D eigenvalue weighted by molar-refractivity contribution is 5.96. The van der Waals surface area contributed by atoms with E-state index in [0.29, 0.717) is 141 Å². The van der Waals surface area contributed by atoms with Crippen LogP contribution in [0.5, 0.6) is 17.2 Å². The number of piperazine rings is 4. The van der Waals surface area contributed by atoms with Gasteiger partial charge in [-0.15, -0.1) is 6.42 Å². The van der Waals surface area contributed by atoms with Gasteiger partial charge in [-0.2, -0.15) is 17.6 Å². The molecule has 0 bridgehead atoms. The van der Waals surface area contributed by atoms with Gasteiger partial charge in [0.05, 0.1) is 21.9 Å². The molecule has 4 fully saturated rings. The zero-order chi connectivity index (χ0) is 103. The molecular formula is C111H111F8N21O7. The number of alkyl halides is 5. The van der Waals surface area contributed by atoms with Crippen molar-refractivity contribution < 1.29 is 68.5 Å². The number of carbonyl (C=O) groups is 4. The van der Waals surface area contributed by atoms with E-state index < -0.39 is 18.6 Å². The molecule has 3 atom stereocenters. The fraction of sp³-hybridized carbons (Fsp3) is 0.297. The molecule has 28 nitrogen and oxygen atoms in total. The third kappa shape index (κ3) is 26.0. The maximum atomic E-state index is 13.3. The van der Waals surface area contributed by atoms with Crippen molar-refractivity contribution in [3.63, 3.8) is 0 Å². The van der Waals surface area contributed by atoms with Crippen molar-refractivity contribution in [2.24, 2.45) is 0 Å². The Labute approximate surface area is 844 Å². The Bertz CT molecular complexity index is 7210. The van der Waals surface area contributed by atoms with Crippen molar-refractivity contribution >= 4 is 103 Å². The van der Waals surface area contributed by atoms with Gasteiger partial charge in [0.1, 0.15) is 100 Å². The molecule has 8 aromatic carbocycles. The van der Waals surface area contributed by atoms with E-state index in [2.05, 4.69) is 113 Å². The molecule has 20 rings (SSSR count). The summed E-state index contributed by atoms with van der Waals surface area (Å²) in [5, 5.41) is 5.62. The minimum atomic E-state index is -3.27. The van der Waals surface area contributed by atoms with Crippen molar-refractivity contribution in [1.29, 1.82) is 0 Å². The summed E-state index contributed by atoms with van der Waals surface area (Å²) in [6, 6.07) is 60.7. The number of carbonyl (C=O) groups excluding carboxylic acids is 4. The molecule has 36 heteroatoms. The topological polar surface area (TPSA) is 288 Å². The number of hydrogen-bond acceptors (Lipinski definition) is 20. The van der Waals surface area contributed by atoms with Gasteiger partial charge in [0.2, 0.25) is 24.1 Å². The van der Waals surface area contributed by atoms with Crippen molar-refractivity contribution in [2.75, 3.05) is 149 Å². The summed E-state index contributed by atoms with van der Waals surface area (Å²) >= 11 is 0. The van der Waals surface area contributed by atoms with Gasteiger partial charge in [0, 0.05) is 205 Å². The first-order chi connectivity index (χ1) is 70.8. The van der Waals surface area contributed by atoms with Crippen molar-refractivity contribution in [2.45, 2.75) is 97.1 Å². The van der Waals surface area contributed by atoms with Crippen LogP contribution < -0.4 is 44.0 Å². The van der Waals surface area contributed by atoms with E-state index in [1.54, 1.807) is 85.2 Å². The lowest BCUT2D eigenvalue weighted by Gasteiger charge is -2.36. The number of rotatable bonds is 25. The van der Waals surface area contributed by atoms with Gasteiger partial charge in [0.15, 0.2) is 0 Å². The number of terminal acetylenes is 1. The molecule has 0 radical (unpaired) electrons. The molecule has 4 saturated heterocycles. The number of halogens is 8. The lowest BCUT2D eigenvalue weighted by molar-refractivity contribution is -0.159. The highest BCUT2D eigenvalue weighted by Gasteiger charge is 2.34. The minimum absolute atomic E-state index is 0.0115. The number of urea groups is 1. The third-order valence-electron chi connectivity index (χ3n) is 26.3. The molecule has 0 spiro atoms. The summed E-state index contributed by atoms with van der Waals surface area (Å²) in [6.45, 7) is 16.4. The quantitative estimate of drug-likeness (QED) is 0.0305. The van der Waals surface area contributed by atoms with Crippen LogP contribution in [0.4, 0.5) is 74.6 Å². The Hall–Kier alpha value is -16.5. The number of hydrogen-bond donors (Lipinski definition) is 4. The second-order valence-corrected chi connectivity index (χ2v) is 37.0. The van der Waals surface area contributed by atoms with E-state index in [9.17, 15) is 54.3 Å². The van der Waals surface area contributed by atoms with Gasteiger partial charge in [-0.05, 0) is 233 Å². The number of benzene rings is 8. The van der Waals surface area contributed by atoms with Gasteiger partial charge < -0.3 is 78.6 Å². The number of nitrogens with zero attached hydrogens (tertiary/aromatic N) is 17. The smallest absolute Gasteiger partial charge is 0.394 e. The van der Waals surface area contributed by atoms with E-state index in [4.69, 9.17) is 11.2 Å². The third-order valence-corrected chi connectivity index (χ3v) is 26.3. The SMILES string of the molecule is C#Cc1ccc(C2=Cc3c(ncnc3N3CCN(C(=O)Nc4ccc(N(C)C)cc4)CC3)C2)cc1.CC(F)(F)Oc1cccc(CCC(=O)N2CCN(c3ncnc4[nH]c(-c5ccc(F)cc5)cc34)CC2)c1.CC(F)Oc1cccc([C@H](C)CC(=O)N2CCN(c3ncnc4[nH]c(-c5ccc(F)cc5)cc34)CC2)c1.C[C@H](CC(=O)N1CCN(c2ncnc3[nH]c(-c4ccc(F)cc4)cc23)CC1)c1cccc(OC(C)(F)F)c1.